The van der Waals surface area contributed by atoms with Crippen LogP contribution in [0.5, 0.6) is 0 Å². The molecular formula is C12H13F3N2O2. The molecule has 0 spiro atoms. The van der Waals surface area contributed by atoms with Gasteiger partial charge in [0.15, 0.2) is 0 Å². The molecule has 0 amide bonds. The molecule has 2 unspecified atom stereocenters. The molecule has 2 atom stereocenters. The molecular weight excluding hydrogens is 261 g/mol. The molecule has 7 heteroatoms. The summed E-state index contributed by atoms with van der Waals surface area (Å²) in [4.78, 5) is 16.5. The van der Waals surface area contributed by atoms with Crippen LogP contribution in [0.25, 0.3) is 0 Å². The van der Waals surface area contributed by atoms with E-state index in [1.54, 1.807) is 11.8 Å². The number of aliphatic carboxylic acids is 1. The molecule has 2 heterocycles. The highest BCUT2D eigenvalue weighted by atomic mass is 19.4. The van der Waals surface area contributed by atoms with E-state index in [2.05, 4.69) is 4.98 Å². The van der Waals surface area contributed by atoms with Crippen molar-refractivity contribution in [3.8, 4) is 0 Å². The minimum atomic E-state index is -4.41. The Bertz CT molecular complexity index is 473. The third-order valence-corrected chi connectivity index (χ3v) is 3.44. The summed E-state index contributed by atoms with van der Waals surface area (Å²) in [5.74, 6) is -1.02. The Morgan fingerprint density at radius 1 is 1.47 bits per heavy atom. The van der Waals surface area contributed by atoms with Gasteiger partial charge in [0.2, 0.25) is 0 Å². The zero-order chi connectivity index (χ0) is 14.2. The number of nitrogens with zero attached hydrogens (tertiary/aromatic N) is 2. The molecule has 4 nitrogen and oxygen atoms in total. The second kappa shape index (κ2) is 4.71. The van der Waals surface area contributed by atoms with Crippen LogP contribution in [0, 0.1) is 5.92 Å². The molecule has 1 aliphatic rings. The smallest absolute Gasteiger partial charge is 0.417 e. The summed E-state index contributed by atoms with van der Waals surface area (Å²) < 4.78 is 37.2. The third-order valence-electron chi connectivity index (χ3n) is 3.44. The van der Waals surface area contributed by atoms with E-state index in [1.165, 1.54) is 6.07 Å². The lowest BCUT2D eigenvalue weighted by Gasteiger charge is -2.24. The molecule has 0 aromatic carbocycles. The normalized spacial score (nSPS) is 23.7. The first-order valence-electron chi connectivity index (χ1n) is 5.83. The van der Waals surface area contributed by atoms with E-state index in [1.807, 2.05) is 0 Å². The SMILES string of the molecule is CC1C(C(=O)O)CCN1c1ccc(C(F)(F)F)cn1. The molecule has 104 valence electrons. The fourth-order valence-corrected chi connectivity index (χ4v) is 2.32. The van der Waals surface area contributed by atoms with Crippen LogP contribution in [0.1, 0.15) is 18.9 Å². The van der Waals surface area contributed by atoms with Crippen LogP contribution in [0.4, 0.5) is 19.0 Å². The largest absolute Gasteiger partial charge is 0.481 e. The van der Waals surface area contributed by atoms with Crippen molar-refractivity contribution in [2.75, 3.05) is 11.4 Å². The zero-order valence-corrected chi connectivity index (χ0v) is 10.2. The molecule has 1 fully saturated rings. The van der Waals surface area contributed by atoms with E-state index in [0.29, 0.717) is 18.8 Å². The fraction of sp³-hybridized carbons (Fsp3) is 0.500. The standard InChI is InChI=1S/C12H13F3N2O2/c1-7-9(11(18)19)4-5-17(7)10-3-2-8(6-16-10)12(13,14)15/h2-3,6-7,9H,4-5H2,1H3,(H,18,19). The number of carboxylic acids is 1. The van der Waals surface area contributed by atoms with E-state index in [4.69, 9.17) is 5.11 Å². The number of hydrogen-bond acceptors (Lipinski definition) is 3. The van der Waals surface area contributed by atoms with Crippen LogP contribution in [-0.2, 0) is 11.0 Å². The van der Waals surface area contributed by atoms with Crippen LogP contribution in [0.3, 0.4) is 0 Å². The first-order chi connectivity index (χ1) is 8.80. The molecule has 1 aromatic rings. The average Bonchev–Trinajstić information content (AvgIpc) is 2.70. The number of pyridine rings is 1. The van der Waals surface area contributed by atoms with E-state index in [9.17, 15) is 18.0 Å². The second-order valence-corrected chi connectivity index (χ2v) is 4.57. The van der Waals surface area contributed by atoms with Crippen molar-refractivity contribution >= 4 is 11.8 Å². The van der Waals surface area contributed by atoms with E-state index in [0.717, 1.165) is 12.3 Å². The number of alkyl halides is 3. The summed E-state index contributed by atoms with van der Waals surface area (Å²) in [5, 5.41) is 9.00. The molecule has 0 bridgehead atoms. The summed E-state index contributed by atoms with van der Waals surface area (Å²) in [6.07, 6.45) is -3.17. The highest BCUT2D eigenvalue weighted by molar-refractivity contribution is 5.72. The number of aromatic nitrogens is 1. The summed E-state index contributed by atoms with van der Waals surface area (Å²) in [5.41, 5.74) is -0.808. The Morgan fingerprint density at radius 2 is 2.16 bits per heavy atom. The maximum absolute atomic E-state index is 12.4. The molecule has 0 radical (unpaired) electrons. The van der Waals surface area contributed by atoms with Crippen molar-refractivity contribution in [2.24, 2.45) is 5.92 Å². The van der Waals surface area contributed by atoms with Gasteiger partial charge < -0.3 is 10.0 Å². The van der Waals surface area contributed by atoms with Gasteiger partial charge in [0.25, 0.3) is 0 Å². The van der Waals surface area contributed by atoms with Gasteiger partial charge >= 0.3 is 12.1 Å². The van der Waals surface area contributed by atoms with Crippen LogP contribution in [0.2, 0.25) is 0 Å². The topological polar surface area (TPSA) is 53.4 Å². The Hall–Kier alpha value is -1.79. The van der Waals surface area contributed by atoms with Crippen LogP contribution in [-0.4, -0.2) is 28.6 Å². The van der Waals surface area contributed by atoms with Crippen LogP contribution in [0.15, 0.2) is 18.3 Å². The summed E-state index contributed by atoms with van der Waals surface area (Å²) >= 11 is 0. The Morgan fingerprint density at radius 3 is 2.58 bits per heavy atom. The van der Waals surface area contributed by atoms with Gasteiger partial charge in [-0.25, -0.2) is 4.98 Å². The van der Waals surface area contributed by atoms with Crippen molar-refractivity contribution < 1.29 is 23.1 Å². The Balaban J connectivity index is 2.18. The average molecular weight is 274 g/mol. The quantitative estimate of drug-likeness (QED) is 0.899. The van der Waals surface area contributed by atoms with Gasteiger partial charge in [0.05, 0.1) is 11.5 Å². The van der Waals surface area contributed by atoms with E-state index in [-0.39, 0.29) is 6.04 Å². The predicted molar refractivity (Wildman–Crippen MR) is 61.8 cm³/mol. The van der Waals surface area contributed by atoms with Crippen molar-refractivity contribution in [1.29, 1.82) is 0 Å². The van der Waals surface area contributed by atoms with Gasteiger partial charge in [-0.1, -0.05) is 0 Å². The number of hydrogen-bond donors (Lipinski definition) is 1. The van der Waals surface area contributed by atoms with Crippen molar-refractivity contribution in [2.45, 2.75) is 25.6 Å². The van der Waals surface area contributed by atoms with E-state index < -0.39 is 23.6 Å². The molecule has 1 aromatic heterocycles. The number of rotatable bonds is 2. The van der Waals surface area contributed by atoms with Crippen molar-refractivity contribution in [3.63, 3.8) is 0 Å². The number of carboxylic acid groups (broad SMARTS) is 1. The molecule has 1 aliphatic heterocycles. The predicted octanol–water partition coefficient (Wildman–Crippen LogP) is 2.40. The lowest BCUT2D eigenvalue weighted by atomic mass is 10.0. The second-order valence-electron chi connectivity index (χ2n) is 4.57. The van der Waals surface area contributed by atoms with Crippen LogP contribution < -0.4 is 4.90 Å². The number of carbonyl (C=O) groups is 1. The summed E-state index contributed by atoms with van der Waals surface area (Å²) in [6, 6.07) is 1.97. The van der Waals surface area contributed by atoms with Gasteiger partial charge in [-0.05, 0) is 25.5 Å². The first kappa shape index (κ1) is 13.6. The van der Waals surface area contributed by atoms with E-state index >= 15 is 0 Å². The van der Waals surface area contributed by atoms with Crippen molar-refractivity contribution in [3.05, 3.63) is 23.9 Å². The maximum Gasteiger partial charge on any atom is 0.417 e. The number of anilines is 1. The Kier molecular flexibility index (Phi) is 3.38. The van der Waals surface area contributed by atoms with Crippen molar-refractivity contribution in [1.82, 2.24) is 4.98 Å². The molecule has 2 rings (SSSR count). The lowest BCUT2D eigenvalue weighted by molar-refractivity contribution is -0.141. The maximum atomic E-state index is 12.4. The van der Waals surface area contributed by atoms with Gasteiger partial charge in [-0.15, -0.1) is 0 Å². The highest BCUT2D eigenvalue weighted by Gasteiger charge is 2.37. The molecule has 19 heavy (non-hydrogen) atoms. The first-order valence-corrected chi connectivity index (χ1v) is 5.83. The highest BCUT2D eigenvalue weighted by Crippen LogP contribution is 2.32. The summed E-state index contributed by atoms with van der Waals surface area (Å²) in [6.45, 7) is 2.22. The minimum absolute atomic E-state index is 0.276. The zero-order valence-electron chi connectivity index (χ0n) is 10.2. The molecule has 0 aliphatic carbocycles. The molecule has 0 saturated carbocycles. The van der Waals surface area contributed by atoms with Gasteiger partial charge in [0.1, 0.15) is 5.82 Å². The third kappa shape index (κ3) is 2.64. The monoisotopic (exact) mass is 274 g/mol. The molecule has 1 N–H and O–H groups in total. The van der Waals surface area contributed by atoms with Gasteiger partial charge in [-0.2, -0.15) is 13.2 Å². The van der Waals surface area contributed by atoms with Gasteiger partial charge in [-0.3, -0.25) is 4.79 Å². The van der Waals surface area contributed by atoms with Crippen LogP contribution >= 0.6 is 0 Å². The minimum Gasteiger partial charge on any atom is -0.481 e. The fourth-order valence-electron chi connectivity index (χ4n) is 2.32. The molecule has 1 saturated heterocycles. The summed E-state index contributed by atoms with van der Waals surface area (Å²) in [7, 11) is 0. The Labute approximate surface area is 107 Å². The lowest BCUT2D eigenvalue weighted by Crippen LogP contribution is -2.33. The van der Waals surface area contributed by atoms with Gasteiger partial charge in [0, 0.05) is 18.8 Å². The number of halogens is 3.